The molecule has 0 amide bonds. The average Bonchev–Trinajstić information content (AvgIpc) is 2.46. The minimum absolute atomic E-state index is 0.287. The summed E-state index contributed by atoms with van der Waals surface area (Å²) in [6.45, 7) is 4.04. The summed E-state index contributed by atoms with van der Waals surface area (Å²) in [6.07, 6.45) is 3.76. The van der Waals surface area contributed by atoms with Gasteiger partial charge in [-0.1, -0.05) is 30.3 Å². The van der Waals surface area contributed by atoms with Crippen LogP contribution in [0.5, 0.6) is 0 Å². The Morgan fingerprint density at radius 1 is 1.24 bits per heavy atom. The highest BCUT2D eigenvalue weighted by atomic mass is 32.1. The number of hydrogen-bond acceptors (Lipinski definition) is 3. The van der Waals surface area contributed by atoms with Gasteiger partial charge in [0.2, 0.25) is 5.95 Å². The van der Waals surface area contributed by atoms with Gasteiger partial charge in [0.1, 0.15) is 0 Å². The van der Waals surface area contributed by atoms with E-state index < -0.39 is 0 Å². The van der Waals surface area contributed by atoms with E-state index in [2.05, 4.69) is 51.8 Å². The lowest BCUT2D eigenvalue weighted by atomic mass is 10.1. The molecule has 5 heteroatoms. The minimum Gasteiger partial charge on any atom is -0.360 e. The SMILES string of the molecule is Cc1ccnc(NC(=S)N[C@H](C)CCc2ccccc2)n1. The predicted octanol–water partition coefficient (Wildman–Crippen LogP) is 3.09. The maximum atomic E-state index is 5.28. The van der Waals surface area contributed by atoms with Gasteiger partial charge in [-0.05, 0) is 50.5 Å². The lowest BCUT2D eigenvalue weighted by Crippen LogP contribution is -2.36. The van der Waals surface area contributed by atoms with Crippen LogP contribution in [0.2, 0.25) is 0 Å². The number of benzene rings is 1. The number of aryl methyl sites for hydroxylation is 2. The quantitative estimate of drug-likeness (QED) is 0.831. The topological polar surface area (TPSA) is 49.8 Å². The molecule has 1 aromatic heterocycles. The van der Waals surface area contributed by atoms with Crippen molar-refractivity contribution in [2.45, 2.75) is 32.7 Å². The lowest BCUT2D eigenvalue weighted by Gasteiger charge is -2.16. The van der Waals surface area contributed by atoms with Crippen molar-refractivity contribution in [1.82, 2.24) is 15.3 Å². The van der Waals surface area contributed by atoms with E-state index in [9.17, 15) is 0 Å². The molecule has 0 fully saturated rings. The third-order valence-corrected chi connectivity index (χ3v) is 3.33. The highest BCUT2D eigenvalue weighted by Crippen LogP contribution is 2.05. The van der Waals surface area contributed by atoms with Crippen LogP contribution in [0.15, 0.2) is 42.6 Å². The molecule has 2 rings (SSSR count). The van der Waals surface area contributed by atoms with Gasteiger partial charge in [0, 0.05) is 17.9 Å². The molecule has 0 spiro atoms. The first kappa shape index (κ1) is 15.4. The van der Waals surface area contributed by atoms with Crippen LogP contribution in [-0.2, 0) is 6.42 Å². The average molecular weight is 300 g/mol. The van der Waals surface area contributed by atoms with E-state index >= 15 is 0 Å². The number of nitrogens with one attached hydrogen (secondary N) is 2. The Kier molecular flexibility index (Phi) is 5.63. The molecule has 0 radical (unpaired) electrons. The third-order valence-electron chi connectivity index (χ3n) is 3.11. The van der Waals surface area contributed by atoms with Crippen molar-refractivity contribution in [3.63, 3.8) is 0 Å². The zero-order chi connectivity index (χ0) is 15.1. The first-order valence-electron chi connectivity index (χ1n) is 7.04. The Bertz CT molecular complexity index is 586. The maximum absolute atomic E-state index is 5.28. The normalized spacial score (nSPS) is 11.7. The van der Waals surface area contributed by atoms with Crippen LogP contribution in [0.3, 0.4) is 0 Å². The largest absolute Gasteiger partial charge is 0.360 e. The molecule has 0 aliphatic rings. The molecule has 110 valence electrons. The van der Waals surface area contributed by atoms with E-state index in [0.29, 0.717) is 11.1 Å². The highest BCUT2D eigenvalue weighted by molar-refractivity contribution is 7.80. The second kappa shape index (κ2) is 7.69. The van der Waals surface area contributed by atoms with Gasteiger partial charge in [-0.25, -0.2) is 9.97 Å². The summed E-state index contributed by atoms with van der Waals surface area (Å²) in [5.74, 6) is 0.530. The fourth-order valence-corrected chi connectivity index (χ4v) is 2.26. The van der Waals surface area contributed by atoms with Gasteiger partial charge in [0.25, 0.3) is 0 Å². The summed E-state index contributed by atoms with van der Waals surface area (Å²) in [5, 5.41) is 6.82. The van der Waals surface area contributed by atoms with Crippen LogP contribution in [0.25, 0.3) is 0 Å². The molecule has 0 saturated carbocycles. The standard InChI is InChI=1S/C16H20N4S/c1-12(8-9-14-6-4-3-5-7-14)19-16(21)20-15-17-11-10-13(2)18-15/h3-7,10-12H,8-9H2,1-2H3,(H2,17,18,19,20,21)/t12-/m1/s1. The molecule has 2 aromatic rings. The Balaban J connectivity index is 1.77. The Morgan fingerprint density at radius 2 is 2.00 bits per heavy atom. The van der Waals surface area contributed by atoms with Gasteiger partial charge in [-0.15, -0.1) is 0 Å². The molecule has 0 unspecified atom stereocenters. The molecular weight excluding hydrogens is 280 g/mol. The molecule has 4 nitrogen and oxygen atoms in total. The summed E-state index contributed by atoms with van der Waals surface area (Å²) < 4.78 is 0. The van der Waals surface area contributed by atoms with Crippen LogP contribution in [0.1, 0.15) is 24.6 Å². The van der Waals surface area contributed by atoms with Crippen LogP contribution < -0.4 is 10.6 Å². The van der Waals surface area contributed by atoms with E-state index in [1.165, 1.54) is 5.56 Å². The van der Waals surface area contributed by atoms with Crippen molar-refractivity contribution in [1.29, 1.82) is 0 Å². The van der Waals surface area contributed by atoms with E-state index in [0.717, 1.165) is 18.5 Å². The fourth-order valence-electron chi connectivity index (χ4n) is 1.97. The smallest absolute Gasteiger partial charge is 0.229 e. The summed E-state index contributed by atoms with van der Waals surface area (Å²) in [5.41, 5.74) is 2.25. The van der Waals surface area contributed by atoms with Crippen LogP contribution in [0, 0.1) is 6.92 Å². The second-order valence-corrected chi connectivity index (χ2v) is 5.45. The molecule has 0 saturated heterocycles. The summed E-state index contributed by atoms with van der Waals surface area (Å²) >= 11 is 5.28. The lowest BCUT2D eigenvalue weighted by molar-refractivity contribution is 0.609. The minimum atomic E-state index is 0.287. The van der Waals surface area contributed by atoms with E-state index in [1.807, 2.05) is 19.1 Å². The van der Waals surface area contributed by atoms with Crippen molar-refractivity contribution < 1.29 is 0 Å². The van der Waals surface area contributed by atoms with Crippen molar-refractivity contribution in [2.24, 2.45) is 0 Å². The van der Waals surface area contributed by atoms with Gasteiger partial charge in [0.05, 0.1) is 0 Å². The van der Waals surface area contributed by atoms with E-state index in [4.69, 9.17) is 12.2 Å². The number of nitrogens with zero attached hydrogens (tertiary/aromatic N) is 2. The molecule has 1 aromatic carbocycles. The van der Waals surface area contributed by atoms with Crippen molar-refractivity contribution in [3.05, 3.63) is 53.9 Å². The predicted molar refractivity (Wildman–Crippen MR) is 90.4 cm³/mol. The summed E-state index contributed by atoms with van der Waals surface area (Å²) in [6, 6.07) is 12.6. The van der Waals surface area contributed by atoms with E-state index in [1.54, 1.807) is 6.20 Å². The molecule has 1 heterocycles. The van der Waals surface area contributed by atoms with Crippen molar-refractivity contribution in [2.75, 3.05) is 5.32 Å². The molecule has 0 aliphatic heterocycles. The molecule has 0 bridgehead atoms. The number of hydrogen-bond donors (Lipinski definition) is 2. The summed E-state index contributed by atoms with van der Waals surface area (Å²) in [4.78, 5) is 8.39. The molecule has 21 heavy (non-hydrogen) atoms. The molecule has 2 N–H and O–H groups in total. The third kappa shape index (κ3) is 5.47. The van der Waals surface area contributed by atoms with Gasteiger partial charge in [-0.3, -0.25) is 0 Å². The maximum Gasteiger partial charge on any atom is 0.229 e. The number of aromatic nitrogens is 2. The molecule has 1 atom stereocenters. The molecule has 0 aliphatic carbocycles. The van der Waals surface area contributed by atoms with Gasteiger partial charge < -0.3 is 10.6 Å². The summed E-state index contributed by atoms with van der Waals surface area (Å²) in [7, 11) is 0. The van der Waals surface area contributed by atoms with Crippen LogP contribution in [0.4, 0.5) is 5.95 Å². The highest BCUT2D eigenvalue weighted by Gasteiger charge is 2.06. The monoisotopic (exact) mass is 300 g/mol. The van der Waals surface area contributed by atoms with Gasteiger partial charge >= 0.3 is 0 Å². The zero-order valence-corrected chi connectivity index (χ0v) is 13.2. The van der Waals surface area contributed by atoms with Crippen LogP contribution in [-0.4, -0.2) is 21.1 Å². The number of rotatable bonds is 5. The number of thiocarbonyl (C=S) groups is 1. The Labute approximate surface area is 131 Å². The van der Waals surface area contributed by atoms with Gasteiger partial charge in [-0.2, -0.15) is 0 Å². The Hall–Kier alpha value is -2.01. The first-order chi connectivity index (χ1) is 10.1. The zero-order valence-electron chi connectivity index (χ0n) is 12.3. The Morgan fingerprint density at radius 3 is 2.71 bits per heavy atom. The molecular formula is C16H20N4S. The van der Waals surface area contributed by atoms with E-state index in [-0.39, 0.29) is 6.04 Å². The second-order valence-electron chi connectivity index (χ2n) is 5.05. The fraction of sp³-hybridized carbons (Fsp3) is 0.312. The van der Waals surface area contributed by atoms with Crippen molar-refractivity contribution >= 4 is 23.3 Å². The first-order valence-corrected chi connectivity index (χ1v) is 7.45. The van der Waals surface area contributed by atoms with Crippen LogP contribution >= 0.6 is 12.2 Å². The van der Waals surface area contributed by atoms with Gasteiger partial charge in [0.15, 0.2) is 5.11 Å². The number of anilines is 1. The van der Waals surface area contributed by atoms with Crippen molar-refractivity contribution in [3.8, 4) is 0 Å².